The van der Waals surface area contributed by atoms with Gasteiger partial charge in [-0.3, -0.25) is 9.69 Å². The monoisotopic (exact) mass is 291 g/mol. The predicted molar refractivity (Wildman–Crippen MR) is 77.7 cm³/mol. The predicted octanol–water partition coefficient (Wildman–Crippen LogP) is -0.352. The average molecular weight is 291 g/mol. The Balaban J connectivity index is 1.73. The van der Waals surface area contributed by atoms with Crippen LogP contribution in [-0.4, -0.2) is 69.1 Å². The van der Waals surface area contributed by atoms with Crippen molar-refractivity contribution < 1.29 is 9.90 Å². The number of aliphatic hydroxyl groups is 1. The average Bonchev–Trinajstić information content (AvgIpc) is 3.05. The maximum Gasteiger partial charge on any atom is 0.272 e. The van der Waals surface area contributed by atoms with Gasteiger partial charge in [0, 0.05) is 18.8 Å². The van der Waals surface area contributed by atoms with E-state index >= 15 is 0 Å². The molecule has 21 heavy (non-hydrogen) atoms. The van der Waals surface area contributed by atoms with Crippen LogP contribution in [0.15, 0.2) is 6.07 Å². The van der Waals surface area contributed by atoms with Crippen LogP contribution < -0.4 is 5.73 Å². The number of hydrogen-bond donors (Lipinski definition) is 2. The molecular weight excluding hydrogens is 270 g/mol. The maximum atomic E-state index is 12.5. The molecule has 114 valence electrons. The zero-order chi connectivity index (χ0) is 15.0. The fourth-order valence-electron chi connectivity index (χ4n) is 3.23. The van der Waals surface area contributed by atoms with Crippen LogP contribution >= 0.6 is 0 Å². The molecule has 2 fully saturated rings. The number of anilines is 1. The minimum absolute atomic E-state index is 0.0386. The van der Waals surface area contributed by atoms with Crippen LogP contribution in [0.25, 0.3) is 0 Å². The van der Waals surface area contributed by atoms with Gasteiger partial charge in [-0.2, -0.15) is 0 Å². The van der Waals surface area contributed by atoms with Crippen molar-refractivity contribution in [2.24, 2.45) is 0 Å². The number of carbonyl (C=O) groups is 1. The minimum Gasteiger partial charge on any atom is -0.390 e. The Morgan fingerprint density at radius 2 is 2.05 bits per heavy atom. The number of aromatic nitrogens is 2. The topological polar surface area (TPSA) is 95.6 Å². The summed E-state index contributed by atoms with van der Waals surface area (Å²) >= 11 is 0. The highest BCUT2D eigenvalue weighted by molar-refractivity contribution is 5.93. The van der Waals surface area contributed by atoms with Gasteiger partial charge in [-0.1, -0.05) is 0 Å². The van der Waals surface area contributed by atoms with Crippen molar-refractivity contribution in [3.8, 4) is 0 Å². The normalized spacial score (nSPS) is 26.5. The first-order valence-electron chi connectivity index (χ1n) is 7.37. The molecule has 2 aliphatic heterocycles. The van der Waals surface area contributed by atoms with Crippen LogP contribution in [-0.2, 0) is 0 Å². The Kier molecular flexibility index (Phi) is 3.77. The molecule has 0 unspecified atom stereocenters. The number of aryl methyl sites for hydroxylation is 1. The Bertz CT molecular complexity index is 524. The zero-order valence-corrected chi connectivity index (χ0v) is 12.2. The van der Waals surface area contributed by atoms with Gasteiger partial charge in [0.1, 0.15) is 5.69 Å². The maximum absolute atomic E-state index is 12.5. The second-order valence-corrected chi connectivity index (χ2v) is 5.84. The van der Waals surface area contributed by atoms with Crippen molar-refractivity contribution in [1.82, 2.24) is 19.8 Å². The number of nitrogen functional groups attached to an aromatic ring is 1. The van der Waals surface area contributed by atoms with E-state index in [1.807, 2.05) is 0 Å². The Morgan fingerprint density at radius 3 is 2.71 bits per heavy atom. The quantitative estimate of drug-likeness (QED) is 0.773. The van der Waals surface area contributed by atoms with E-state index in [4.69, 9.17) is 5.73 Å². The number of likely N-dealkylation sites (tertiary alicyclic amines) is 2. The van der Waals surface area contributed by atoms with E-state index in [1.165, 1.54) is 12.8 Å². The molecule has 1 aromatic rings. The van der Waals surface area contributed by atoms with Crippen molar-refractivity contribution in [3.05, 3.63) is 17.5 Å². The summed E-state index contributed by atoms with van der Waals surface area (Å²) in [5.74, 6) is -0.0814. The number of carbonyl (C=O) groups excluding carboxylic acids is 1. The first-order chi connectivity index (χ1) is 10.0. The SMILES string of the molecule is Cc1cc(C(=O)N2C[C@H](O)[C@@H](N3CCCC3)C2)nc(N)n1. The van der Waals surface area contributed by atoms with Gasteiger partial charge in [-0.25, -0.2) is 9.97 Å². The van der Waals surface area contributed by atoms with Crippen LogP contribution in [0, 0.1) is 6.92 Å². The van der Waals surface area contributed by atoms with Crippen molar-refractivity contribution >= 4 is 11.9 Å². The van der Waals surface area contributed by atoms with Crippen molar-refractivity contribution in [1.29, 1.82) is 0 Å². The molecule has 3 heterocycles. The summed E-state index contributed by atoms with van der Waals surface area (Å²) in [7, 11) is 0. The second-order valence-electron chi connectivity index (χ2n) is 5.84. The number of amides is 1. The molecule has 7 nitrogen and oxygen atoms in total. The molecule has 2 saturated heterocycles. The molecule has 1 amide bonds. The first kappa shape index (κ1) is 14.2. The van der Waals surface area contributed by atoms with Gasteiger partial charge < -0.3 is 15.7 Å². The van der Waals surface area contributed by atoms with E-state index in [-0.39, 0.29) is 17.9 Å². The smallest absolute Gasteiger partial charge is 0.272 e. The number of hydrogen-bond acceptors (Lipinski definition) is 6. The van der Waals surface area contributed by atoms with Gasteiger partial charge in [0.25, 0.3) is 5.91 Å². The zero-order valence-electron chi connectivity index (χ0n) is 12.2. The van der Waals surface area contributed by atoms with Crippen molar-refractivity contribution in [3.63, 3.8) is 0 Å². The summed E-state index contributed by atoms with van der Waals surface area (Å²) in [4.78, 5) is 24.4. The molecular formula is C14H21N5O2. The van der Waals surface area contributed by atoms with Gasteiger partial charge in [0.15, 0.2) is 0 Å². The lowest BCUT2D eigenvalue weighted by Gasteiger charge is -2.25. The summed E-state index contributed by atoms with van der Waals surface area (Å²) in [5.41, 5.74) is 6.57. The largest absolute Gasteiger partial charge is 0.390 e. The number of β-amino-alcohol motifs (C(OH)–C–C–N with tert-alkyl or cyclic N) is 1. The molecule has 0 spiro atoms. The van der Waals surface area contributed by atoms with Gasteiger partial charge in [-0.15, -0.1) is 0 Å². The van der Waals surface area contributed by atoms with E-state index in [9.17, 15) is 9.90 Å². The third kappa shape index (κ3) is 2.84. The molecule has 0 radical (unpaired) electrons. The molecule has 3 rings (SSSR count). The third-order valence-corrected chi connectivity index (χ3v) is 4.25. The highest BCUT2D eigenvalue weighted by atomic mass is 16.3. The van der Waals surface area contributed by atoms with E-state index in [0.717, 1.165) is 13.1 Å². The molecule has 0 bridgehead atoms. The molecule has 0 aromatic carbocycles. The Labute approximate surface area is 123 Å². The fraction of sp³-hybridized carbons (Fsp3) is 0.643. The lowest BCUT2D eigenvalue weighted by molar-refractivity contribution is 0.0757. The molecule has 7 heteroatoms. The van der Waals surface area contributed by atoms with Crippen molar-refractivity contribution in [2.45, 2.75) is 31.9 Å². The molecule has 0 saturated carbocycles. The Morgan fingerprint density at radius 1 is 1.33 bits per heavy atom. The standard InChI is InChI=1S/C14H21N5O2/c1-9-6-10(17-14(15)16-9)13(21)19-7-11(12(20)8-19)18-4-2-3-5-18/h6,11-12,20H,2-5,7-8H2,1H3,(H2,15,16,17)/t11-,12-/m0/s1. The molecule has 0 aliphatic carbocycles. The number of nitrogens with two attached hydrogens (primary N) is 1. The van der Waals surface area contributed by atoms with Gasteiger partial charge in [0.05, 0.1) is 12.1 Å². The van der Waals surface area contributed by atoms with E-state index < -0.39 is 6.10 Å². The Hall–Kier alpha value is -1.73. The van der Waals surface area contributed by atoms with Gasteiger partial charge in [0.2, 0.25) is 5.95 Å². The van der Waals surface area contributed by atoms with Gasteiger partial charge in [-0.05, 0) is 38.9 Å². The summed E-state index contributed by atoms with van der Waals surface area (Å²) in [6.45, 7) is 4.68. The number of aliphatic hydroxyl groups excluding tert-OH is 1. The van der Waals surface area contributed by atoms with E-state index in [0.29, 0.717) is 24.5 Å². The van der Waals surface area contributed by atoms with Crippen molar-refractivity contribution in [2.75, 3.05) is 31.9 Å². The number of rotatable bonds is 2. The number of nitrogens with zero attached hydrogens (tertiary/aromatic N) is 4. The lowest BCUT2D eigenvalue weighted by atomic mass is 10.2. The highest BCUT2D eigenvalue weighted by Gasteiger charge is 2.39. The first-order valence-corrected chi connectivity index (χ1v) is 7.37. The molecule has 2 aliphatic rings. The molecule has 3 N–H and O–H groups in total. The van der Waals surface area contributed by atoms with Crippen LogP contribution in [0.4, 0.5) is 5.95 Å². The van der Waals surface area contributed by atoms with E-state index in [1.54, 1.807) is 17.9 Å². The summed E-state index contributed by atoms with van der Waals surface area (Å²) in [5, 5.41) is 10.2. The fourth-order valence-corrected chi connectivity index (χ4v) is 3.23. The van der Waals surface area contributed by atoms with Crippen LogP contribution in [0.1, 0.15) is 29.0 Å². The minimum atomic E-state index is -0.493. The van der Waals surface area contributed by atoms with Gasteiger partial charge >= 0.3 is 0 Å². The molecule has 2 atom stereocenters. The molecule has 1 aromatic heterocycles. The summed E-state index contributed by atoms with van der Waals surface area (Å²) in [6, 6.07) is 1.67. The second kappa shape index (κ2) is 5.57. The highest BCUT2D eigenvalue weighted by Crippen LogP contribution is 2.22. The van der Waals surface area contributed by atoms with Crippen LogP contribution in [0.5, 0.6) is 0 Å². The third-order valence-electron chi connectivity index (χ3n) is 4.25. The summed E-state index contributed by atoms with van der Waals surface area (Å²) < 4.78 is 0. The lowest BCUT2D eigenvalue weighted by Crippen LogP contribution is -2.41. The van der Waals surface area contributed by atoms with Crippen LogP contribution in [0.2, 0.25) is 0 Å². The van der Waals surface area contributed by atoms with Crippen LogP contribution in [0.3, 0.4) is 0 Å². The summed E-state index contributed by atoms with van der Waals surface area (Å²) in [6.07, 6.45) is 1.84. The van der Waals surface area contributed by atoms with E-state index in [2.05, 4.69) is 14.9 Å².